The van der Waals surface area contributed by atoms with Crippen LogP contribution in [0.15, 0.2) is 0 Å². The number of amides is 1. The minimum atomic E-state index is -1.58. The highest BCUT2D eigenvalue weighted by molar-refractivity contribution is 5.83. The second-order valence-corrected chi connectivity index (χ2v) is 3.76. The Morgan fingerprint density at radius 2 is 1.88 bits per heavy atom. The SMILES string of the molecule is CCC(CC)(CN)C(=O)NCC(O)C(=O)O. The van der Waals surface area contributed by atoms with E-state index in [4.69, 9.17) is 15.9 Å². The van der Waals surface area contributed by atoms with Crippen molar-refractivity contribution in [3.8, 4) is 0 Å². The lowest BCUT2D eigenvalue weighted by atomic mass is 9.81. The average molecular weight is 232 g/mol. The molecule has 6 heteroatoms. The molecule has 0 radical (unpaired) electrons. The van der Waals surface area contributed by atoms with E-state index in [1.165, 1.54) is 0 Å². The van der Waals surface area contributed by atoms with E-state index < -0.39 is 17.5 Å². The number of nitrogens with two attached hydrogens (primary N) is 1. The Labute approximate surface area is 94.8 Å². The van der Waals surface area contributed by atoms with Gasteiger partial charge in [0, 0.05) is 6.54 Å². The van der Waals surface area contributed by atoms with Crippen molar-refractivity contribution in [2.24, 2.45) is 11.1 Å². The van der Waals surface area contributed by atoms with Gasteiger partial charge < -0.3 is 21.3 Å². The predicted molar refractivity (Wildman–Crippen MR) is 58.7 cm³/mol. The molecule has 0 aliphatic rings. The maximum absolute atomic E-state index is 11.8. The minimum Gasteiger partial charge on any atom is -0.479 e. The predicted octanol–water partition coefficient (Wildman–Crippen LogP) is -0.687. The standard InChI is InChI=1S/C10H20N2O4/c1-3-10(4-2,6-11)9(16)12-5-7(13)8(14)15/h7,13H,3-6,11H2,1-2H3,(H,12,16)(H,14,15). The number of carbonyl (C=O) groups is 2. The lowest BCUT2D eigenvalue weighted by molar-refractivity contribution is -0.146. The summed E-state index contributed by atoms with van der Waals surface area (Å²) in [4.78, 5) is 22.1. The van der Waals surface area contributed by atoms with Gasteiger partial charge in [0.1, 0.15) is 0 Å². The molecule has 1 atom stereocenters. The van der Waals surface area contributed by atoms with E-state index in [1.807, 2.05) is 13.8 Å². The fourth-order valence-electron chi connectivity index (χ4n) is 1.42. The molecule has 1 amide bonds. The van der Waals surface area contributed by atoms with Crippen LogP contribution in [0.1, 0.15) is 26.7 Å². The fourth-order valence-corrected chi connectivity index (χ4v) is 1.42. The summed E-state index contributed by atoms with van der Waals surface area (Å²) in [5, 5.41) is 19.9. The molecule has 0 bridgehead atoms. The topological polar surface area (TPSA) is 113 Å². The second kappa shape index (κ2) is 6.44. The van der Waals surface area contributed by atoms with Crippen molar-refractivity contribution in [3.63, 3.8) is 0 Å². The molecule has 0 saturated carbocycles. The third-order valence-electron chi connectivity index (χ3n) is 2.97. The van der Waals surface area contributed by atoms with Crippen molar-refractivity contribution in [1.82, 2.24) is 5.32 Å². The molecule has 1 unspecified atom stereocenters. The Morgan fingerprint density at radius 1 is 1.38 bits per heavy atom. The molecule has 0 fully saturated rings. The van der Waals surface area contributed by atoms with Crippen molar-refractivity contribution in [3.05, 3.63) is 0 Å². The van der Waals surface area contributed by atoms with Crippen molar-refractivity contribution in [2.45, 2.75) is 32.8 Å². The zero-order valence-corrected chi connectivity index (χ0v) is 9.69. The highest BCUT2D eigenvalue weighted by Gasteiger charge is 2.33. The summed E-state index contributed by atoms with van der Waals surface area (Å²) in [6.07, 6.45) is -0.419. The third-order valence-corrected chi connectivity index (χ3v) is 2.97. The lowest BCUT2D eigenvalue weighted by Crippen LogP contribution is -2.48. The maximum Gasteiger partial charge on any atom is 0.334 e. The van der Waals surface area contributed by atoms with Gasteiger partial charge in [-0.25, -0.2) is 4.79 Å². The summed E-state index contributed by atoms with van der Waals surface area (Å²) in [5.74, 6) is -1.66. The third kappa shape index (κ3) is 3.46. The fraction of sp³-hybridized carbons (Fsp3) is 0.800. The van der Waals surface area contributed by atoms with Gasteiger partial charge in [0.15, 0.2) is 6.10 Å². The molecule has 0 aromatic rings. The molecule has 5 N–H and O–H groups in total. The summed E-state index contributed by atoms with van der Waals surface area (Å²) in [6, 6.07) is 0. The molecule has 0 spiro atoms. The molecule has 0 saturated heterocycles. The second-order valence-electron chi connectivity index (χ2n) is 3.76. The van der Waals surface area contributed by atoms with Gasteiger partial charge >= 0.3 is 5.97 Å². The molecule has 0 aliphatic carbocycles. The van der Waals surface area contributed by atoms with Crippen LogP contribution in [0, 0.1) is 5.41 Å². The maximum atomic E-state index is 11.8. The number of nitrogens with one attached hydrogen (secondary N) is 1. The number of hydrogen-bond donors (Lipinski definition) is 4. The van der Waals surface area contributed by atoms with Gasteiger partial charge in [0.2, 0.25) is 5.91 Å². The van der Waals surface area contributed by atoms with Gasteiger partial charge in [-0.15, -0.1) is 0 Å². The summed E-state index contributed by atoms with van der Waals surface area (Å²) in [7, 11) is 0. The Morgan fingerprint density at radius 3 is 2.19 bits per heavy atom. The molecule has 6 nitrogen and oxygen atoms in total. The Kier molecular flexibility index (Phi) is 5.98. The first-order valence-corrected chi connectivity index (χ1v) is 5.32. The zero-order chi connectivity index (χ0) is 12.8. The highest BCUT2D eigenvalue weighted by Crippen LogP contribution is 2.24. The van der Waals surface area contributed by atoms with Crippen LogP contribution in [0.5, 0.6) is 0 Å². The Hall–Kier alpha value is -1.14. The normalized spacial score (nSPS) is 13.2. The van der Waals surface area contributed by atoms with Crippen LogP contribution in [0.2, 0.25) is 0 Å². The van der Waals surface area contributed by atoms with Crippen molar-refractivity contribution >= 4 is 11.9 Å². The quantitative estimate of drug-likeness (QED) is 0.464. The van der Waals surface area contributed by atoms with Crippen LogP contribution in [0.3, 0.4) is 0 Å². The van der Waals surface area contributed by atoms with E-state index in [0.29, 0.717) is 12.8 Å². The van der Waals surface area contributed by atoms with Crippen LogP contribution in [0.25, 0.3) is 0 Å². The lowest BCUT2D eigenvalue weighted by Gasteiger charge is -2.28. The summed E-state index contributed by atoms with van der Waals surface area (Å²) < 4.78 is 0. The number of aliphatic carboxylic acids is 1. The Bertz CT molecular complexity index is 243. The van der Waals surface area contributed by atoms with Crippen LogP contribution >= 0.6 is 0 Å². The number of carboxylic acids is 1. The number of aliphatic hydroxyl groups is 1. The molecule has 0 aromatic heterocycles. The number of rotatable bonds is 7. The van der Waals surface area contributed by atoms with Crippen LogP contribution < -0.4 is 11.1 Å². The van der Waals surface area contributed by atoms with Crippen LogP contribution in [-0.2, 0) is 9.59 Å². The Balaban J connectivity index is 4.38. The first kappa shape index (κ1) is 14.9. The molecule has 16 heavy (non-hydrogen) atoms. The van der Waals surface area contributed by atoms with Gasteiger partial charge in [0.25, 0.3) is 0 Å². The van der Waals surface area contributed by atoms with E-state index in [2.05, 4.69) is 5.32 Å². The first-order valence-electron chi connectivity index (χ1n) is 5.32. The molecule has 94 valence electrons. The molecule has 0 rings (SSSR count). The van der Waals surface area contributed by atoms with E-state index in [1.54, 1.807) is 0 Å². The number of hydrogen-bond acceptors (Lipinski definition) is 4. The molecule has 0 heterocycles. The molecular weight excluding hydrogens is 212 g/mol. The van der Waals surface area contributed by atoms with Crippen molar-refractivity contribution < 1.29 is 19.8 Å². The number of carboxylic acid groups (broad SMARTS) is 1. The number of aliphatic hydroxyl groups excluding tert-OH is 1. The average Bonchev–Trinajstić information content (AvgIpc) is 2.28. The highest BCUT2D eigenvalue weighted by atomic mass is 16.4. The van der Waals surface area contributed by atoms with Gasteiger partial charge in [-0.3, -0.25) is 4.79 Å². The molecule has 0 aromatic carbocycles. The van der Waals surface area contributed by atoms with Gasteiger partial charge in [-0.1, -0.05) is 13.8 Å². The van der Waals surface area contributed by atoms with E-state index in [-0.39, 0.29) is 19.0 Å². The van der Waals surface area contributed by atoms with Gasteiger partial charge in [-0.2, -0.15) is 0 Å². The first-order chi connectivity index (χ1) is 7.43. The van der Waals surface area contributed by atoms with E-state index in [0.717, 1.165) is 0 Å². The van der Waals surface area contributed by atoms with Crippen molar-refractivity contribution in [2.75, 3.05) is 13.1 Å². The molecule has 0 aliphatic heterocycles. The largest absolute Gasteiger partial charge is 0.479 e. The van der Waals surface area contributed by atoms with Gasteiger partial charge in [-0.05, 0) is 12.8 Å². The van der Waals surface area contributed by atoms with E-state index in [9.17, 15) is 9.59 Å². The zero-order valence-electron chi connectivity index (χ0n) is 9.69. The summed E-state index contributed by atoms with van der Waals surface area (Å²) >= 11 is 0. The van der Waals surface area contributed by atoms with Crippen LogP contribution in [-0.4, -0.2) is 41.3 Å². The smallest absolute Gasteiger partial charge is 0.334 e. The summed E-state index contributed by atoms with van der Waals surface area (Å²) in [6.45, 7) is 3.61. The van der Waals surface area contributed by atoms with Crippen LogP contribution in [0.4, 0.5) is 0 Å². The van der Waals surface area contributed by atoms with Gasteiger partial charge in [0.05, 0.1) is 12.0 Å². The monoisotopic (exact) mass is 232 g/mol. The van der Waals surface area contributed by atoms with Crippen molar-refractivity contribution in [1.29, 1.82) is 0 Å². The number of carbonyl (C=O) groups excluding carboxylic acids is 1. The van der Waals surface area contributed by atoms with E-state index >= 15 is 0 Å². The minimum absolute atomic E-state index is 0.203. The molecular formula is C10H20N2O4. The summed E-state index contributed by atoms with van der Waals surface area (Å²) in [5.41, 5.74) is 4.89.